The SMILES string of the molecule is Cc1c(C(C)N=[N+]=[N-])cccc1C(F)(F)F. The van der Waals surface area contributed by atoms with E-state index in [1.165, 1.54) is 19.1 Å². The number of rotatable bonds is 2. The minimum atomic E-state index is -4.38. The fourth-order valence-electron chi connectivity index (χ4n) is 1.55. The molecule has 1 unspecified atom stereocenters. The predicted octanol–water partition coefficient (Wildman–Crippen LogP) is 4.39. The van der Waals surface area contributed by atoms with Gasteiger partial charge in [-0.25, -0.2) is 0 Å². The monoisotopic (exact) mass is 229 g/mol. The summed E-state index contributed by atoms with van der Waals surface area (Å²) in [7, 11) is 0. The summed E-state index contributed by atoms with van der Waals surface area (Å²) in [5.41, 5.74) is 8.07. The van der Waals surface area contributed by atoms with Gasteiger partial charge in [-0.15, -0.1) is 0 Å². The smallest absolute Gasteiger partial charge is 0.166 e. The van der Waals surface area contributed by atoms with Crippen LogP contribution in [0.3, 0.4) is 0 Å². The molecule has 0 bridgehead atoms. The fraction of sp³-hybridized carbons (Fsp3) is 0.400. The van der Waals surface area contributed by atoms with E-state index in [2.05, 4.69) is 10.0 Å². The van der Waals surface area contributed by atoms with Crippen molar-refractivity contribution in [2.24, 2.45) is 5.11 Å². The molecule has 0 spiro atoms. The van der Waals surface area contributed by atoms with E-state index >= 15 is 0 Å². The Labute approximate surface area is 90.5 Å². The third-order valence-electron chi connectivity index (χ3n) is 2.36. The summed E-state index contributed by atoms with van der Waals surface area (Å²) in [5, 5.41) is 3.39. The van der Waals surface area contributed by atoms with E-state index in [1.54, 1.807) is 6.92 Å². The molecule has 0 N–H and O–H groups in total. The zero-order valence-electron chi connectivity index (χ0n) is 8.78. The maximum atomic E-state index is 12.6. The van der Waals surface area contributed by atoms with Crippen LogP contribution >= 0.6 is 0 Å². The summed E-state index contributed by atoms with van der Waals surface area (Å²) in [6.45, 7) is 2.93. The van der Waals surface area contributed by atoms with Crippen LogP contribution in [0.2, 0.25) is 0 Å². The molecule has 1 atom stereocenters. The highest BCUT2D eigenvalue weighted by atomic mass is 19.4. The quantitative estimate of drug-likeness (QED) is 0.410. The average Bonchev–Trinajstić information content (AvgIpc) is 2.16. The molecule has 0 saturated carbocycles. The van der Waals surface area contributed by atoms with E-state index in [1.807, 2.05) is 0 Å². The van der Waals surface area contributed by atoms with Crippen molar-refractivity contribution in [3.8, 4) is 0 Å². The molecule has 1 aromatic carbocycles. The van der Waals surface area contributed by atoms with E-state index in [9.17, 15) is 13.2 Å². The van der Waals surface area contributed by atoms with Gasteiger partial charge in [-0.05, 0) is 29.6 Å². The number of halogens is 3. The summed E-state index contributed by atoms with van der Waals surface area (Å²) in [5.74, 6) is 0. The first kappa shape index (κ1) is 12.4. The van der Waals surface area contributed by atoms with E-state index < -0.39 is 17.8 Å². The van der Waals surface area contributed by atoms with Crippen molar-refractivity contribution in [3.63, 3.8) is 0 Å². The van der Waals surface area contributed by atoms with E-state index in [-0.39, 0.29) is 5.56 Å². The summed E-state index contributed by atoms with van der Waals surface area (Å²) in [6, 6.07) is 3.26. The number of benzene rings is 1. The molecule has 6 heteroatoms. The van der Waals surface area contributed by atoms with Gasteiger partial charge >= 0.3 is 6.18 Å². The summed E-state index contributed by atoms with van der Waals surface area (Å²) in [4.78, 5) is 2.59. The van der Waals surface area contributed by atoms with Gasteiger partial charge in [0.05, 0.1) is 11.6 Å². The van der Waals surface area contributed by atoms with Crippen molar-refractivity contribution in [2.75, 3.05) is 0 Å². The van der Waals surface area contributed by atoms with Crippen molar-refractivity contribution in [3.05, 3.63) is 45.3 Å². The maximum Gasteiger partial charge on any atom is 0.416 e. The first-order valence-corrected chi connectivity index (χ1v) is 4.59. The van der Waals surface area contributed by atoms with Crippen molar-refractivity contribution in [2.45, 2.75) is 26.1 Å². The Morgan fingerprint density at radius 1 is 1.38 bits per heavy atom. The van der Waals surface area contributed by atoms with Gasteiger partial charge < -0.3 is 0 Å². The van der Waals surface area contributed by atoms with Gasteiger partial charge in [-0.3, -0.25) is 0 Å². The van der Waals surface area contributed by atoms with Crippen LogP contribution in [0.25, 0.3) is 10.4 Å². The second-order valence-electron chi connectivity index (χ2n) is 3.40. The van der Waals surface area contributed by atoms with Crippen LogP contribution in [0, 0.1) is 6.92 Å². The zero-order chi connectivity index (χ0) is 12.3. The third kappa shape index (κ3) is 2.46. The molecule has 0 aliphatic carbocycles. The fourth-order valence-corrected chi connectivity index (χ4v) is 1.55. The van der Waals surface area contributed by atoms with Crippen LogP contribution in [0.5, 0.6) is 0 Å². The van der Waals surface area contributed by atoms with Gasteiger partial charge in [0, 0.05) is 4.91 Å². The van der Waals surface area contributed by atoms with Gasteiger partial charge in [0.25, 0.3) is 0 Å². The molecule has 3 nitrogen and oxygen atoms in total. The third-order valence-corrected chi connectivity index (χ3v) is 2.36. The first-order chi connectivity index (χ1) is 7.38. The van der Waals surface area contributed by atoms with Crippen LogP contribution in [0.4, 0.5) is 13.2 Å². The number of hydrogen-bond acceptors (Lipinski definition) is 1. The summed E-state index contributed by atoms with van der Waals surface area (Å²) < 4.78 is 37.7. The van der Waals surface area contributed by atoms with Crippen molar-refractivity contribution >= 4 is 0 Å². The highest BCUT2D eigenvalue weighted by Gasteiger charge is 2.33. The number of azide groups is 1. The normalized spacial score (nSPS) is 13.1. The number of hydrogen-bond donors (Lipinski definition) is 0. The van der Waals surface area contributed by atoms with Crippen molar-refractivity contribution in [1.82, 2.24) is 0 Å². The molecule has 0 saturated heterocycles. The van der Waals surface area contributed by atoms with Crippen molar-refractivity contribution < 1.29 is 13.2 Å². The Balaban J connectivity index is 3.29. The Bertz CT molecular complexity index is 433. The van der Waals surface area contributed by atoms with Gasteiger partial charge in [0.15, 0.2) is 0 Å². The van der Waals surface area contributed by atoms with Gasteiger partial charge in [-0.1, -0.05) is 24.2 Å². The molecule has 16 heavy (non-hydrogen) atoms. The highest BCUT2D eigenvalue weighted by molar-refractivity contribution is 5.37. The first-order valence-electron chi connectivity index (χ1n) is 4.59. The maximum absolute atomic E-state index is 12.6. The topological polar surface area (TPSA) is 48.8 Å². The second kappa shape index (κ2) is 4.45. The van der Waals surface area contributed by atoms with E-state index in [4.69, 9.17) is 5.53 Å². The Morgan fingerprint density at radius 3 is 2.50 bits per heavy atom. The molecule has 1 rings (SSSR count). The van der Waals surface area contributed by atoms with Gasteiger partial charge in [0.2, 0.25) is 0 Å². The molecule has 0 aliphatic rings. The predicted molar refractivity (Wildman–Crippen MR) is 53.7 cm³/mol. The molecule has 86 valence electrons. The minimum Gasteiger partial charge on any atom is -0.166 e. The number of alkyl halides is 3. The number of nitrogens with zero attached hydrogens (tertiary/aromatic N) is 3. The molecule has 0 radical (unpaired) electrons. The average molecular weight is 229 g/mol. The lowest BCUT2D eigenvalue weighted by molar-refractivity contribution is -0.138. The zero-order valence-corrected chi connectivity index (χ0v) is 8.78. The molecular formula is C10H10F3N3. The molecule has 0 amide bonds. The largest absolute Gasteiger partial charge is 0.416 e. The van der Waals surface area contributed by atoms with Crippen LogP contribution in [0.15, 0.2) is 23.3 Å². The lowest BCUT2D eigenvalue weighted by atomic mass is 9.98. The lowest BCUT2D eigenvalue weighted by Gasteiger charge is -2.15. The van der Waals surface area contributed by atoms with Crippen LogP contribution < -0.4 is 0 Å². The van der Waals surface area contributed by atoms with Crippen LogP contribution in [0.1, 0.15) is 29.7 Å². The minimum absolute atomic E-state index is 0.106. The molecule has 0 heterocycles. The standard InChI is InChI=1S/C10H10F3N3/c1-6-8(7(2)15-16-14)4-3-5-9(6)10(11,12)13/h3-5,7H,1-2H3. The Morgan fingerprint density at radius 2 is 2.00 bits per heavy atom. The van der Waals surface area contributed by atoms with Crippen molar-refractivity contribution in [1.29, 1.82) is 0 Å². The van der Waals surface area contributed by atoms with Crippen LogP contribution in [-0.2, 0) is 6.18 Å². The highest BCUT2D eigenvalue weighted by Crippen LogP contribution is 2.35. The Hall–Kier alpha value is -1.68. The van der Waals surface area contributed by atoms with Crippen LogP contribution in [-0.4, -0.2) is 0 Å². The van der Waals surface area contributed by atoms with Gasteiger partial charge in [-0.2, -0.15) is 13.2 Å². The molecule has 0 fully saturated rings. The van der Waals surface area contributed by atoms with E-state index in [0.29, 0.717) is 5.56 Å². The lowest BCUT2D eigenvalue weighted by Crippen LogP contribution is -2.09. The second-order valence-corrected chi connectivity index (χ2v) is 3.40. The molecule has 0 aromatic heterocycles. The summed E-state index contributed by atoms with van der Waals surface area (Å²) >= 11 is 0. The van der Waals surface area contributed by atoms with E-state index in [0.717, 1.165) is 6.07 Å². The molecule has 0 aliphatic heterocycles. The molecule has 1 aromatic rings. The summed E-state index contributed by atoms with van der Waals surface area (Å²) in [6.07, 6.45) is -4.38. The Kier molecular flexibility index (Phi) is 3.44. The van der Waals surface area contributed by atoms with Gasteiger partial charge in [0.1, 0.15) is 0 Å². The molecular weight excluding hydrogens is 219 g/mol.